The SMILES string of the molecule is CCC/C=C(\CC)c1cc(N(C(=O)C2CCC(C)CC2)C2CCNCC2)c(C(=O)O)s1. The average Bonchev–Trinajstić information content (AvgIpc) is 3.21. The summed E-state index contributed by atoms with van der Waals surface area (Å²) in [5, 5.41) is 13.4. The number of carboxylic acids is 1. The zero-order valence-corrected chi connectivity index (χ0v) is 20.1. The van der Waals surface area contributed by atoms with Crippen molar-refractivity contribution in [3.05, 3.63) is 21.9 Å². The Morgan fingerprint density at radius 2 is 1.84 bits per heavy atom. The second-order valence-corrected chi connectivity index (χ2v) is 10.2. The predicted octanol–water partition coefficient (Wildman–Crippen LogP) is 5.95. The molecule has 6 heteroatoms. The quantitative estimate of drug-likeness (QED) is 0.518. The molecule has 0 atom stereocenters. The van der Waals surface area contributed by atoms with Crippen molar-refractivity contribution >= 4 is 34.5 Å². The van der Waals surface area contributed by atoms with Crippen LogP contribution in [0.5, 0.6) is 0 Å². The minimum Gasteiger partial charge on any atom is -0.477 e. The summed E-state index contributed by atoms with van der Waals surface area (Å²) < 4.78 is 0. The Kier molecular flexibility index (Phi) is 8.73. The van der Waals surface area contributed by atoms with Crippen molar-refractivity contribution < 1.29 is 14.7 Å². The van der Waals surface area contributed by atoms with Crippen LogP contribution in [0, 0.1) is 11.8 Å². The molecule has 1 saturated heterocycles. The van der Waals surface area contributed by atoms with Gasteiger partial charge in [0.1, 0.15) is 4.88 Å². The highest BCUT2D eigenvalue weighted by Gasteiger charge is 2.36. The lowest BCUT2D eigenvalue weighted by atomic mass is 9.82. The molecule has 1 aromatic heterocycles. The van der Waals surface area contributed by atoms with Crippen LogP contribution < -0.4 is 10.2 Å². The second-order valence-electron chi connectivity index (χ2n) is 9.15. The third-order valence-electron chi connectivity index (χ3n) is 6.82. The molecule has 3 rings (SSSR count). The molecule has 1 amide bonds. The van der Waals surface area contributed by atoms with Gasteiger partial charge in [-0.15, -0.1) is 11.3 Å². The Balaban J connectivity index is 2.01. The third-order valence-corrected chi connectivity index (χ3v) is 8.01. The van der Waals surface area contributed by atoms with Gasteiger partial charge >= 0.3 is 5.97 Å². The molecule has 2 N–H and O–H groups in total. The van der Waals surface area contributed by atoms with Crippen molar-refractivity contribution in [1.82, 2.24) is 5.32 Å². The summed E-state index contributed by atoms with van der Waals surface area (Å²) in [4.78, 5) is 29.2. The number of nitrogens with zero attached hydrogens (tertiary/aromatic N) is 1. The number of carbonyl (C=O) groups is 2. The molecule has 0 radical (unpaired) electrons. The molecule has 172 valence electrons. The van der Waals surface area contributed by atoms with Crippen LogP contribution in [0.1, 0.15) is 93.1 Å². The van der Waals surface area contributed by atoms with E-state index in [0.717, 1.165) is 75.8 Å². The van der Waals surface area contributed by atoms with E-state index >= 15 is 0 Å². The van der Waals surface area contributed by atoms with Crippen molar-refractivity contribution in [2.45, 2.75) is 84.6 Å². The summed E-state index contributed by atoms with van der Waals surface area (Å²) in [5.41, 5.74) is 1.81. The lowest BCUT2D eigenvalue weighted by Gasteiger charge is -2.38. The number of carbonyl (C=O) groups excluding carboxylic acids is 1. The third kappa shape index (κ3) is 5.78. The van der Waals surface area contributed by atoms with Gasteiger partial charge in [-0.3, -0.25) is 4.79 Å². The van der Waals surface area contributed by atoms with E-state index in [1.54, 1.807) is 0 Å². The van der Waals surface area contributed by atoms with Gasteiger partial charge in [-0.05, 0) is 82.0 Å². The topological polar surface area (TPSA) is 69.6 Å². The summed E-state index contributed by atoms with van der Waals surface area (Å²) in [7, 11) is 0. The number of piperidine rings is 1. The maximum Gasteiger partial charge on any atom is 0.348 e. The molecule has 5 nitrogen and oxygen atoms in total. The van der Waals surface area contributed by atoms with E-state index in [4.69, 9.17) is 0 Å². The first kappa shape index (κ1) is 24.0. The molecule has 2 aliphatic rings. The number of hydrogen-bond acceptors (Lipinski definition) is 4. The fraction of sp³-hybridized carbons (Fsp3) is 0.680. The van der Waals surface area contributed by atoms with Crippen molar-refractivity contribution in [2.24, 2.45) is 11.8 Å². The first-order valence-electron chi connectivity index (χ1n) is 12.1. The van der Waals surface area contributed by atoms with E-state index in [0.29, 0.717) is 16.5 Å². The van der Waals surface area contributed by atoms with Crippen molar-refractivity contribution in [3.8, 4) is 0 Å². The lowest BCUT2D eigenvalue weighted by Crippen LogP contribution is -2.49. The molecule has 0 aromatic carbocycles. The molecular formula is C25H38N2O3S. The van der Waals surface area contributed by atoms with Crippen LogP contribution in [0.25, 0.3) is 5.57 Å². The van der Waals surface area contributed by atoms with Gasteiger partial charge in [0.05, 0.1) is 5.69 Å². The van der Waals surface area contributed by atoms with Gasteiger partial charge in [0.2, 0.25) is 5.91 Å². The smallest absolute Gasteiger partial charge is 0.348 e. The highest BCUT2D eigenvalue weighted by atomic mass is 32.1. The average molecular weight is 447 g/mol. The van der Waals surface area contributed by atoms with E-state index in [-0.39, 0.29) is 17.9 Å². The molecule has 1 aliphatic carbocycles. The zero-order valence-electron chi connectivity index (χ0n) is 19.3. The molecule has 0 spiro atoms. The van der Waals surface area contributed by atoms with Gasteiger partial charge in [-0.25, -0.2) is 4.79 Å². The first-order chi connectivity index (χ1) is 15.0. The van der Waals surface area contributed by atoms with Gasteiger partial charge in [0.25, 0.3) is 0 Å². The molecule has 31 heavy (non-hydrogen) atoms. The molecule has 0 bridgehead atoms. The summed E-state index contributed by atoms with van der Waals surface area (Å²) >= 11 is 1.33. The fourth-order valence-corrected chi connectivity index (χ4v) is 5.97. The fourth-order valence-electron chi connectivity index (χ4n) is 4.87. The van der Waals surface area contributed by atoms with Crippen molar-refractivity contribution in [1.29, 1.82) is 0 Å². The van der Waals surface area contributed by atoms with Gasteiger partial charge in [-0.1, -0.05) is 33.3 Å². The largest absolute Gasteiger partial charge is 0.477 e. The monoisotopic (exact) mass is 446 g/mol. The minimum atomic E-state index is -0.929. The van der Waals surface area contributed by atoms with Gasteiger partial charge in [0.15, 0.2) is 0 Å². The van der Waals surface area contributed by atoms with Crippen LogP contribution >= 0.6 is 11.3 Å². The number of nitrogens with one attached hydrogen (secondary N) is 1. The number of unbranched alkanes of at least 4 members (excludes halogenated alkanes) is 1. The molecular weight excluding hydrogens is 408 g/mol. The Hall–Kier alpha value is -1.66. The molecule has 1 aliphatic heterocycles. The summed E-state index contributed by atoms with van der Waals surface area (Å²) in [5.74, 6) is -0.102. The Morgan fingerprint density at radius 1 is 1.16 bits per heavy atom. The van der Waals surface area contributed by atoms with Crippen molar-refractivity contribution in [2.75, 3.05) is 18.0 Å². The van der Waals surface area contributed by atoms with Crippen LogP contribution in [0.3, 0.4) is 0 Å². The standard InChI is InChI=1S/C25H38N2O3S/c1-4-6-7-18(5-2)22-16-21(23(31-22)25(29)30)27(20-12-14-26-15-13-20)24(28)19-10-8-17(3)9-11-19/h7,16-17,19-20,26H,4-6,8-15H2,1-3H3,(H,29,30)/b18-7+. The van der Waals surface area contributed by atoms with E-state index in [1.165, 1.54) is 16.9 Å². The van der Waals surface area contributed by atoms with Crippen LogP contribution in [-0.2, 0) is 4.79 Å². The number of aromatic carboxylic acids is 1. The van der Waals surface area contributed by atoms with Gasteiger partial charge in [0, 0.05) is 16.8 Å². The molecule has 1 aromatic rings. The number of anilines is 1. The van der Waals surface area contributed by atoms with Crippen LogP contribution in [0.4, 0.5) is 5.69 Å². The number of thiophene rings is 1. The van der Waals surface area contributed by atoms with E-state index in [1.807, 2.05) is 11.0 Å². The minimum absolute atomic E-state index is 0.0114. The maximum absolute atomic E-state index is 13.8. The number of rotatable bonds is 8. The predicted molar refractivity (Wildman–Crippen MR) is 129 cm³/mol. The Bertz CT molecular complexity index is 787. The van der Waals surface area contributed by atoms with Crippen molar-refractivity contribution in [3.63, 3.8) is 0 Å². The van der Waals surface area contributed by atoms with Crippen LogP contribution in [0.15, 0.2) is 12.1 Å². The Morgan fingerprint density at radius 3 is 2.42 bits per heavy atom. The second kappa shape index (κ2) is 11.3. The van der Waals surface area contributed by atoms with E-state index < -0.39 is 5.97 Å². The van der Waals surface area contributed by atoms with Crippen LogP contribution in [0.2, 0.25) is 0 Å². The highest BCUT2D eigenvalue weighted by molar-refractivity contribution is 7.15. The molecule has 0 unspecified atom stereocenters. The number of carboxylic acid groups (broad SMARTS) is 1. The first-order valence-corrected chi connectivity index (χ1v) is 12.9. The van der Waals surface area contributed by atoms with Gasteiger partial charge < -0.3 is 15.3 Å². The normalized spacial score (nSPS) is 23.0. The van der Waals surface area contributed by atoms with E-state index in [2.05, 4.69) is 32.2 Å². The van der Waals surface area contributed by atoms with Gasteiger partial charge in [-0.2, -0.15) is 0 Å². The number of allylic oxidation sites excluding steroid dienone is 2. The maximum atomic E-state index is 13.8. The number of amides is 1. The molecule has 2 fully saturated rings. The number of hydrogen-bond donors (Lipinski definition) is 2. The summed E-state index contributed by atoms with van der Waals surface area (Å²) in [6, 6.07) is 2.06. The van der Waals surface area contributed by atoms with E-state index in [9.17, 15) is 14.7 Å². The van der Waals surface area contributed by atoms with Crippen LogP contribution in [-0.4, -0.2) is 36.1 Å². The highest BCUT2D eigenvalue weighted by Crippen LogP contribution is 2.40. The molecule has 1 saturated carbocycles. The summed E-state index contributed by atoms with van der Waals surface area (Å²) in [6.45, 7) is 8.25. The summed E-state index contributed by atoms with van der Waals surface area (Å²) in [6.07, 6.45) is 10.9. The zero-order chi connectivity index (χ0) is 22.4. The lowest BCUT2D eigenvalue weighted by molar-refractivity contribution is -0.124. The Labute approximate surface area is 190 Å². The molecule has 2 heterocycles.